The standard InChI is InChI=1S/C12H16N2O2/c1-16-12(15)7-11-10-6-9(13)3-2-8(10)4-5-14-11/h2-3,6,11,14H,4-5,7,13H2,1H3. The highest BCUT2D eigenvalue weighted by Gasteiger charge is 2.22. The van der Waals surface area contributed by atoms with E-state index >= 15 is 0 Å². The fraction of sp³-hybridized carbons (Fsp3) is 0.417. The van der Waals surface area contributed by atoms with Crippen LogP contribution in [0, 0.1) is 0 Å². The lowest BCUT2D eigenvalue weighted by Gasteiger charge is -2.26. The van der Waals surface area contributed by atoms with Crippen molar-refractivity contribution in [3.05, 3.63) is 29.3 Å². The maximum absolute atomic E-state index is 11.3. The summed E-state index contributed by atoms with van der Waals surface area (Å²) in [6.07, 6.45) is 1.33. The number of ether oxygens (including phenoxy) is 1. The van der Waals surface area contributed by atoms with Crippen molar-refractivity contribution in [1.29, 1.82) is 0 Å². The number of benzene rings is 1. The van der Waals surface area contributed by atoms with Crippen LogP contribution < -0.4 is 11.1 Å². The van der Waals surface area contributed by atoms with E-state index in [1.807, 2.05) is 18.2 Å². The molecule has 0 aliphatic carbocycles. The molecule has 0 fully saturated rings. The van der Waals surface area contributed by atoms with Gasteiger partial charge >= 0.3 is 5.97 Å². The molecule has 86 valence electrons. The molecule has 0 bridgehead atoms. The molecule has 0 spiro atoms. The third kappa shape index (κ3) is 2.17. The van der Waals surface area contributed by atoms with Crippen molar-refractivity contribution < 1.29 is 9.53 Å². The molecule has 0 amide bonds. The molecule has 0 saturated carbocycles. The summed E-state index contributed by atoms with van der Waals surface area (Å²) in [5, 5.41) is 3.31. The minimum Gasteiger partial charge on any atom is -0.469 e. The van der Waals surface area contributed by atoms with Crippen LogP contribution in [-0.2, 0) is 16.0 Å². The van der Waals surface area contributed by atoms with E-state index in [9.17, 15) is 4.79 Å². The van der Waals surface area contributed by atoms with Gasteiger partial charge in [0.15, 0.2) is 0 Å². The van der Waals surface area contributed by atoms with Gasteiger partial charge in [-0.3, -0.25) is 4.79 Å². The lowest BCUT2D eigenvalue weighted by molar-refractivity contribution is -0.141. The van der Waals surface area contributed by atoms with Crippen LogP contribution >= 0.6 is 0 Å². The number of methoxy groups -OCH3 is 1. The fourth-order valence-electron chi connectivity index (χ4n) is 2.09. The largest absolute Gasteiger partial charge is 0.469 e. The first kappa shape index (κ1) is 11.0. The van der Waals surface area contributed by atoms with Crippen LogP contribution in [0.25, 0.3) is 0 Å². The number of anilines is 1. The first-order valence-electron chi connectivity index (χ1n) is 5.39. The second-order valence-electron chi connectivity index (χ2n) is 4.00. The van der Waals surface area contributed by atoms with Crippen molar-refractivity contribution in [2.75, 3.05) is 19.4 Å². The number of esters is 1. The van der Waals surface area contributed by atoms with Crippen LogP contribution in [0.1, 0.15) is 23.6 Å². The van der Waals surface area contributed by atoms with Crippen molar-refractivity contribution >= 4 is 11.7 Å². The minimum absolute atomic E-state index is 0.0275. The number of nitrogens with two attached hydrogens (primary N) is 1. The van der Waals surface area contributed by atoms with E-state index in [-0.39, 0.29) is 12.0 Å². The van der Waals surface area contributed by atoms with Crippen molar-refractivity contribution in [3.8, 4) is 0 Å². The maximum atomic E-state index is 11.3. The van der Waals surface area contributed by atoms with Gasteiger partial charge in [-0.25, -0.2) is 0 Å². The zero-order valence-corrected chi connectivity index (χ0v) is 9.32. The summed E-state index contributed by atoms with van der Waals surface area (Å²) >= 11 is 0. The number of hydrogen-bond acceptors (Lipinski definition) is 4. The van der Waals surface area contributed by atoms with Gasteiger partial charge in [-0.15, -0.1) is 0 Å². The first-order valence-corrected chi connectivity index (χ1v) is 5.39. The summed E-state index contributed by atoms with van der Waals surface area (Å²) < 4.78 is 4.69. The molecule has 4 nitrogen and oxygen atoms in total. The van der Waals surface area contributed by atoms with E-state index in [0.29, 0.717) is 6.42 Å². The molecule has 1 atom stereocenters. The number of hydrogen-bond donors (Lipinski definition) is 2. The normalized spacial score (nSPS) is 18.9. The van der Waals surface area contributed by atoms with Crippen LogP contribution in [0.15, 0.2) is 18.2 Å². The summed E-state index contributed by atoms with van der Waals surface area (Å²) in [5.74, 6) is -0.201. The van der Waals surface area contributed by atoms with Crippen LogP contribution in [0.3, 0.4) is 0 Å². The van der Waals surface area contributed by atoms with Crippen LogP contribution in [0.2, 0.25) is 0 Å². The van der Waals surface area contributed by atoms with Crippen LogP contribution in [-0.4, -0.2) is 19.6 Å². The summed E-state index contributed by atoms with van der Waals surface area (Å²) in [4.78, 5) is 11.3. The molecular formula is C12H16N2O2. The molecule has 16 heavy (non-hydrogen) atoms. The Morgan fingerprint density at radius 2 is 2.44 bits per heavy atom. The van der Waals surface area contributed by atoms with Gasteiger partial charge in [-0.1, -0.05) is 6.07 Å². The number of carbonyl (C=O) groups excluding carboxylic acids is 1. The summed E-state index contributed by atoms with van der Waals surface area (Å²) in [7, 11) is 1.41. The number of fused-ring (bicyclic) bond motifs is 1. The number of carbonyl (C=O) groups is 1. The van der Waals surface area contributed by atoms with Crippen molar-refractivity contribution in [2.45, 2.75) is 18.9 Å². The van der Waals surface area contributed by atoms with Gasteiger partial charge in [-0.2, -0.15) is 0 Å². The summed E-state index contributed by atoms with van der Waals surface area (Å²) in [6, 6.07) is 5.91. The quantitative estimate of drug-likeness (QED) is 0.577. The van der Waals surface area contributed by atoms with E-state index < -0.39 is 0 Å². The highest BCUT2D eigenvalue weighted by molar-refractivity contribution is 5.70. The molecule has 1 aromatic rings. The topological polar surface area (TPSA) is 64.3 Å². The molecule has 1 aliphatic heterocycles. The van der Waals surface area contributed by atoms with Gasteiger partial charge in [0.25, 0.3) is 0 Å². The van der Waals surface area contributed by atoms with E-state index in [1.165, 1.54) is 12.7 Å². The average molecular weight is 220 g/mol. The Morgan fingerprint density at radius 1 is 1.62 bits per heavy atom. The Kier molecular flexibility index (Phi) is 3.10. The zero-order chi connectivity index (χ0) is 11.5. The second kappa shape index (κ2) is 4.53. The Morgan fingerprint density at radius 3 is 3.19 bits per heavy atom. The lowest BCUT2D eigenvalue weighted by atomic mass is 9.92. The second-order valence-corrected chi connectivity index (χ2v) is 4.00. The van der Waals surface area contributed by atoms with Gasteiger partial charge in [0.2, 0.25) is 0 Å². The highest BCUT2D eigenvalue weighted by atomic mass is 16.5. The molecule has 1 aromatic carbocycles. The van der Waals surface area contributed by atoms with Gasteiger partial charge in [-0.05, 0) is 36.2 Å². The van der Waals surface area contributed by atoms with Crippen molar-refractivity contribution in [1.82, 2.24) is 5.32 Å². The van der Waals surface area contributed by atoms with E-state index in [0.717, 1.165) is 24.2 Å². The Balaban J connectivity index is 2.24. The highest BCUT2D eigenvalue weighted by Crippen LogP contribution is 2.27. The molecule has 2 rings (SSSR count). The molecule has 1 heterocycles. The Hall–Kier alpha value is -1.55. The third-order valence-corrected chi connectivity index (χ3v) is 2.93. The average Bonchev–Trinajstić information content (AvgIpc) is 2.29. The number of nitrogen functional groups attached to an aromatic ring is 1. The molecule has 1 unspecified atom stereocenters. The molecule has 3 N–H and O–H groups in total. The third-order valence-electron chi connectivity index (χ3n) is 2.93. The fourth-order valence-corrected chi connectivity index (χ4v) is 2.09. The monoisotopic (exact) mass is 220 g/mol. The maximum Gasteiger partial charge on any atom is 0.307 e. The van der Waals surface area contributed by atoms with Crippen LogP contribution in [0.4, 0.5) is 5.69 Å². The van der Waals surface area contributed by atoms with Crippen molar-refractivity contribution in [2.24, 2.45) is 0 Å². The van der Waals surface area contributed by atoms with Gasteiger partial charge in [0, 0.05) is 11.7 Å². The SMILES string of the molecule is COC(=O)CC1NCCc2ccc(N)cc21. The predicted molar refractivity (Wildman–Crippen MR) is 61.9 cm³/mol. The van der Waals surface area contributed by atoms with E-state index in [4.69, 9.17) is 5.73 Å². The zero-order valence-electron chi connectivity index (χ0n) is 9.32. The van der Waals surface area contributed by atoms with Crippen molar-refractivity contribution in [3.63, 3.8) is 0 Å². The van der Waals surface area contributed by atoms with E-state index in [2.05, 4.69) is 10.1 Å². The Labute approximate surface area is 94.8 Å². The summed E-state index contributed by atoms with van der Waals surface area (Å²) in [6.45, 7) is 0.887. The smallest absolute Gasteiger partial charge is 0.307 e. The van der Waals surface area contributed by atoms with Crippen LogP contribution in [0.5, 0.6) is 0 Å². The molecule has 0 radical (unpaired) electrons. The molecule has 4 heteroatoms. The predicted octanol–water partition coefficient (Wildman–Crippen LogP) is 1.02. The van der Waals surface area contributed by atoms with Gasteiger partial charge in [0.05, 0.1) is 13.5 Å². The van der Waals surface area contributed by atoms with Gasteiger partial charge < -0.3 is 15.8 Å². The van der Waals surface area contributed by atoms with E-state index in [1.54, 1.807) is 0 Å². The van der Waals surface area contributed by atoms with Gasteiger partial charge in [0.1, 0.15) is 0 Å². The molecular weight excluding hydrogens is 204 g/mol. The number of rotatable bonds is 2. The first-order chi connectivity index (χ1) is 7.70. The molecule has 1 aliphatic rings. The Bertz CT molecular complexity index is 404. The molecule has 0 aromatic heterocycles. The number of nitrogens with one attached hydrogen (secondary N) is 1. The summed E-state index contributed by atoms with van der Waals surface area (Å²) in [5.41, 5.74) is 8.88. The lowest BCUT2D eigenvalue weighted by Crippen LogP contribution is -2.31. The molecule has 0 saturated heterocycles. The minimum atomic E-state index is -0.201.